The maximum Gasteiger partial charge on any atom is 0.282 e. The van der Waals surface area contributed by atoms with E-state index in [-0.39, 0.29) is 11.8 Å². The van der Waals surface area contributed by atoms with Crippen LogP contribution in [0, 0.1) is 13.8 Å². The highest BCUT2D eigenvalue weighted by Crippen LogP contribution is 2.36. The van der Waals surface area contributed by atoms with Gasteiger partial charge in [0.25, 0.3) is 11.8 Å². The van der Waals surface area contributed by atoms with Crippen molar-refractivity contribution in [3.63, 3.8) is 0 Å². The zero-order chi connectivity index (χ0) is 20.5. The minimum absolute atomic E-state index is 0.307. The SMILES string of the molecule is COc1cccc(N2C(=O)C(c3ccc(C)c(C)c3)=C(N3CCOCC3)C2=O)c1. The number of morpholine rings is 1. The molecule has 2 aromatic rings. The van der Waals surface area contributed by atoms with Crippen LogP contribution in [0.25, 0.3) is 5.57 Å². The smallest absolute Gasteiger partial charge is 0.282 e. The molecule has 0 bridgehead atoms. The summed E-state index contributed by atoms with van der Waals surface area (Å²) < 4.78 is 10.7. The van der Waals surface area contributed by atoms with Gasteiger partial charge in [0, 0.05) is 19.2 Å². The van der Waals surface area contributed by atoms with Crippen LogP contribution in [0.15, 0.2) is 48.2 Å². The maximum atomic E-state index is 13.5. The third-order valence-electron chi connectivity index (χ3n) is 5.49. The normalized spacial score (nSPS) is 17.3. The zero-order valence-electron chi connectivity index (χ0n) is 16.9. The van der Waals surface area contributed by atoms with E-state index in [4.69, 9.17) is 9.47 Å². The lowest BCUT2D eigenvalue weighted by Crippen LogP contribution is -2.40. The van der Waals surface area contributed by atoms with E-state index in [0.717, 1.165) is 16.7 Å². The number of aryl methyl sites for hydroxylation is 2. The van der Waals surface area contributed by atoms with E-state index in [9.17, 15) is 9.59 Å². The number of carbonyl (C=O) groups excluding carboxylic acids is 2. The van der Waals surface area contributed by atoms with Crippen molar-refractivity contribution in [1.82, 2.24) is 4.90 Å². The minimum Gasteiger partial charge on any atom is -0.497 e. The molecule has 2 aliphatic rings. The van der Waals surface area contributed by atoms with Gasteiger partial charge in [-0.05, 0) is 42.7 Å². The number of carbonyl (C=O) groups is 2. The van der Waals surface area contributed by atoms with E-state index in [2.05, 4.69) is 0 Å². The standard InChI is InChI=1S/C23H24N2O4/c1-15-7-8-17(13-16(15)2)20-21(24-9-11-29-12-10-24)23(27)25(22(20)26)18-5-4-6-19(14-18)28-3/h4-8,13-14H,9-12H2,1-3H3. The molecular weight excluding hydrogens is 368 g/mol. The molecule has 2 aliphatic heterocycles. The average Bonchev–Trinajstić information content (AvgIpc) is 3.01. The maximum absolute atomic E-state index is 13.5. The summed E-state index contributed by atoms with van der Waals surface area (Å²) in [6.07, 6.45) is 0. The monoisotopic (exact) mass is 392 g/mol. The highest BCUT2D eigenvalue weighted by atomic mass is 16.5. The van der Waals surface area contributed by atoms with Crippen molar-refractivity contribution in [3.05, 3.63) is 64.9 Å². The van der Waals surface area contributed by atoms with Crippen molar-refractivity contribution in [1.29, 1.82) is 0 Å². The number of amides is 2. The van der Waals surface area contributed by atoms with E-state index in [0.29, 0.717) is 49.0 Å². The fraction of sp³-hybridized carbons (Fsp3) is 0.304. The average molecular weight is 392 g/mol. The predicted molar refractivity (Wildman–Crippen MR) is 111 cm³/mol. The van der Waals surface area contributed by atoms with Gasteiger partial charge >= 0.3 is 0 Å². The van der Waals surface area contributed by atoms with Gasteiger partial charge in [-0.2, -0.15) is 0 Å². The molecule has 1 fully saturated rings. The number of hydrogen-bond acceptors (Lipinski definition) is 5. The third-order valence-corrected chi connectivity index (χ3v) is 5.49. The molecule has 2 aromatic carbocycles. The van der Waals surface area contributed by atoms with Crippen LogP contribution in [-0.4, -0.2) is 50.1 Å². The second kappa shape index (κ2) is 7.72. The van der Waals surface area contributed by atoms with E-state index in [1.807, 2.05) is 36.9 Å². The highest BCUT2D eigenvalue weighted by molar-refractivity contribution is 6.45. The molecule has 0 aliphatic carbocycles. The van der Waals surface area contributed by atoms with Crippen LogP contribution in [0.1, 0.15) is 16.7 Å². The molecule has 6 heteroatoms. The van der Waals surface area contributed by atoms with E-state index < -0.39 is 0 Å². The van der Waals surface area contributed by atoms with Crippen molar-refractivity contribution in [2.45, 2.75) is 13.8 Å². The minimum atomic E-state index is -0.312. The lowest BCUT2D eigenvalue weighted by molar-refractivity contribution is -0.121. The molecule has 0 unspecified atom stereocenters. The Hall–Kier alpha value is -3.12. The van der Waals surface area contributed by atoms with Gasteiger partial charge in [-0.25, -0.2) is 4.90 Å². The quantitative estimate of drug-likeness (QED) is 0.749. The molecule has 0 aromatic heterocycles. The van der Waals surface area contributed by atoms with Crippen LogP contribution in [0.2, 0.25) is 0 Å². The van der Waals surface area contributed by atoms with Crippen LogP contribution in [0.3, 0.4) is 0 Å². The Morgan fingerprint density at radius 3 is 2.38 bits per heavy atom. The molecule has 0 N–H and O–H groups in total. The van der Waals surface area contributed by atoms with E-state index in [1.54, 1.807) is 31.4 Å². The van der Waals surface area contributed by atoms with Crippen molar-refractivity contribution in [3.8, 4) is 5.75 Å². The summed E-state index contributed by atoms with van der Waals surface area (Å²) in [6, 6.07) is 12.9. The Labute approximate surface area is 170 Å². The van der Waals surface area contributed by atoms with Crippen molar-refractivity contribution in [2.24, 2.45) is 0 Å². The van der Waals surface area contributed by atoms with Crippen LogP contribution in [0.4, 0.5) is 5.69 Å². The molecule has 6 nitrogen and oxygen atoms in total. The second-order valence-corrected chi connectivity index (χ2v) is 7.27. The molecule has 2 heterocycles. The Morgan fingerprint density at radius 1 is 0.931 bits per heavy atom. The summed E-state index contributed by atoms with van der Waals surface area (Å²) in [5.41, 5.74) is 4.38. The van der Waals surface area contributed by atoms with Gasteiger partial charge in [-0.15, -0.1) is 0 Å². The van der Waals surface area contributed by atoms with Crippen LogP contribution < -0.4 is 9.64 Å². The summed E-state index contributed by atoms with van der Waals surface area (Å²) in [7, 11) is 1.56. The Balaban J connectivity index is 1.84. The number of anilines is 1. The fourth-order valence-electron chi connectivity index (χ4n) is 3.74. The number of methoxy groups -OCH3 is 1. The van der Waals surface area contributed by atoms with Crippen molar-refractivity contribution >= 4 is 23.1 Å². The first-order valence-electron chi connectivity index (χ1n) is 9.68. The van der Waals surface area contributed by atoms with Crippen LogP contribution in [0.5, 0.6) is 5.75 Å². The second-order valence-electron chi connectivity index (χ2n) is 7.27. The fourth-order valence-corrected chi connectivity index (χ4v) is 3.74. The Kier molecular flexibility index (Phi) is 5.11. The molecule has 29 heavy (non-hydrogen) atoms. The predicted octanol–water partition coefficient (Wildman–Crippen LogP) is 2.93. The highest BCUT2D eigenvalue weighted by Gasteiger charge is 2.42. The van der Waals surface area contributed by atoms with Gasteiger partial charge < -0.3 is 14.4 Å². The zero-order valence-corrected chi connectivity index (χ0v) is 16.9. The van der Waals surface area contributed by atoms with Gasteiger partial charge in [0.05, 0.1) is 31.6 Å². The van der Waals surface area contributed by atoms with Gasteiger partial charge in [0.1, 0.15) is 11.4 Å². The van der Waals surface area contributed by atoms with Crippen LogP contribution >= 0.6 is 0 Å². The summed E-state index contributed by atoms with van der Waals surface area (Å²) in [6.45, 7) is 6.26. The first kappa shape index (κ1) is 19.2. The molecule has 150 valence electrons. The number of nitrogens with zero attached hydrogens (tertiary/aromatic N) is 2. The lowest BCUT2D eigenvalue weighted by atomic mass is 9.99. The molecular formula is C23H24N2O4. The van der Waals surface area contributed by atoms with Gasteiger partial charge in [0.2, 0.25) is 0 Å². The third kappa shape index (κ3) is 3.40. The summed E-state index contributed by atoms with van der Waals surface area (Å²) >= 11 is 0. The molecule has 0 atom stereocenters. The first-order chi connectivity index (χ1) is 14.0. The number of ether oxygens (including phenoxy) is 2. The molecule has 4 rings (SSSR count). The van der Waals surface area contributed by atoms with Gasteiger partial charge in [-0.1, -0.05) is 24.3 Å². The number of benzene rings is 2. The number of hydrogen-bond donors (Lipinski definition) is 0. The topological polar surface area (TPSA) is 59.1 Å². The van der Waals surface area contributed by atoms with Crippen molar-refractivity contribution in [2.75, 3.05) is 38.3 Å². The van der Waals surface area contributed by atoms with Gasteiger partial charge in [0.15, 0.2) is 0 Å². The summed E-state index contributed by atoms with van der Waals surface area (Å²) in [5.74, 6) is -0.0259. The number of rotatable bonds is 4. The van der Waals surface area contributed by atoms with Crippen molar-refractivity contribution < 1.29 is 19.1 Å². The van der Waals surface area contributed by atoms with E-state index >= 15 is 0 Å². The Bertz CT molecular complexity index is 1010. The summed E-state index contributed by atoms with van der Waals surface area (Å²) in [5, 5.41) is 0. The van der Waals surface area contributed by atoms with Crippen LogP contribution in [-0.2, 0) is 14.3 Å². The van der Waals surface area contributed by atoms with E-state index in [1.165, 1.54) is 4.90 Å². The summed E-state index contributed by atoms with van der Waals surface area (Å²) in [4.78, 5) is 30.2. The molecule has 0 saturated carbocycles. The largest absolute Gasteiger partial charge is 0.497 e. The Morgan fingerprint density at radius 2 is 1.69 bits per heavy atom. The molecule has 1 saturated heterocycles. The molecule has 0 spiro atoms. The molecule has 2 amide bonds. The van der Waals surface area contributed by atoms with Gasteiger partial charge in [-0.3, -0.25) is 9.59 Å². The first-order valence-corrected chi connectivity index (χ1v) is 9.68. The lowest BCUT2D eigenvalue weighted by Gasteiger charge is -2.29. The number of imide groups is 1. The molecule has 0 radical (unpaired) electrons.